The second kappa shape index (κ2) is 17.1. The summed E-state index contributed by atoms with van der Waals surface area (Å²) in [7, 11) is 0. The first-order valence-electron chi connectivity index (χ1n) is 30.3. The molecule has 0 saturated carbocycles. The SMILES string of the molecule is c1ccc2c(c1)Oc1c(-n3c4ccccc4c4cc(-n5c6ccccc6c6ccccc65)ccc43)cccc1C21c2ccccc2Oc2c(-n3c4ccccc4c4cc(-n5c6ccccc6n6c7c(ccc8c9ccccc9oc87)nc56)ccc43)cccc21. The van der Waals surface area contributed by atoms with Crippen LogP contribution in [-0.4, -0.2) is 27.7 Å². The maximum absolute atomic E-state index is 7.47. The van der Waals surface area contributed by atoms with Crippen LogP contribution in [0.15, 0.2) is 283 Å². The minimum absolute atomic E-state index is 0.777. The van der Waals surface area contributed by atoms with Crippen molar-refractivity contribution in [3.8, 4) is 45.7 Å². The molecule has 13 aromatic carbocycles. The lowest BCUT2D eigenvalue weighted by atomic mass is 9.62. The molecule has 0 bridgehead atoms. The van der Waals surface area contributed by atoms with Gasteiger partial charge in [0.25, 0.3) is 0 Å². The maximum atomic E-state index is 7.47. The fourth-order valence-electron chi connectivity index (χ4n) is 15.9. The molecule has 8 heterocycles. The van der Waals surface area contributed by atoms with Crippen LogP contribution in [0.5, 0.6) is 23.0 Å². The second-order valence-electron chi connectivity index (χ2n) is 23.7. The van der Waals surface area contributed by atoms with Crippen LogP contribution in [0, 0.1) is 0 Å². The lowest BCUT2D eigenvalue weighted by Gasteiger charge is -2.45. The molecule has 0 radical (unpaired) electrons. The third kappa shape index (κ3) is 6.00. The van der Waals surface area contributed by atoms with E-state index in [0.29, 0.717) is 0 Å². The van der Waals surface area contributed by atoms with Gasteiger partial charge in [-0.1, -0.05) is 164 Å². The van der Waals surface area contributed by atoms with Crippen molar-refractivity contribution in [3.05, 3.63) is 301 Å². The zero-order chi connectivity index (χ0) is 57.8. The standard InChI is InChI=1S/C80H46N6O3/c1-8-28-62-49(19-1)50-20-2-9-29-63(50)82(62)47-39-43-66-55(45-47)51-21-3-10-30-64(51)84(66)70-34-17-26-59-77(70)88-73-37-15-6-24-57(73)80(59)58-25-7-16-38-74(58)89-78-60(80)27-18-35-71(78)85-65-31-11-4-22-52(65)56-46-48(40-44-67(56)85)83-68-32-12-13-33-69(68)86-75-61(81-79(83)86)42-41-54-53-23-5-14-36-72(53)87-76(54)75/h1-46H. The summed E-state index contributed by atoms with van der Waals surface area (Å²) in [6, 6.07) is 100. The number of imidazole rings is 2. The molecule has 414 valence electrons. The largest absolute Gasteiger partial charge is 0.454 e. The van der Waals surface area contributed by atoms with Gasteiger partial charge in [0.05, 0.1) is 66.4 Å². The summed E-state index contributed by atoms with van der Waals surface area (Å²) in [4.78, 5) is 5.39. The van der Waals surface area contributed by atoms with Crippen molar-refractivity contribution < 1.29 is 13.9 Å². The van der Waals surface area contributed by atoms with Gasteiger partial charge in [-0.2, -0.15) is 0 Å². The number of nitrogens with zero attached hydrogens (tertiary/aromatic N) is 6. The van der Waals surface area contributed by atoms with E-state index in [2.05, 4.69) is 290 Å². The van der Waals surface area contributed by atoms with Crippen LogP contribution in [0.1, 0.15) is 22.3 Å². The molecule has 19 aromatic rings. The number of hydrogen-bond acceptors (Lipinski definition) is 4. The van der Waals surface area contributed by atoms with E-state index in [-0.39, 0.29) is 0 Å². The van der Waals surface area contributed by atoms with E-state index in [1.807, 2.05) is 12.1 Å². The number of fused-ring (bicyclic) bond motifs is 26. The summed E-state index contributed by atoms with van der Waals surface area (Å²) in [6.07, 6.45) is 0. The van der Waals surface area contributed by atoms with Crippen molar-refractivity contribution in [3.63, 3.8) is 0 Å². The lowest BCUT2D eigenvalue weighted by molar-refractivity contribution is 0.398. The quantitative estimate of drug-likeness (QED) is 0.176. The van der Waals surface area contributed by atoms with Gasteiger partial charge in [0.2, 0.25) is 5.78 Å². The van der Waals surface area contributed by atoms with Crippen LogP contribution in [-0.2, 0) is 5.41 Å². The molecule has 1 atom stereocenters. The molecular weight excluding hydrogens is 1090 g/mol. The third-order valence-corrected chi connectivity index (χ3v) is 19.4. The Labute approximate surface area is 506 Å². The normalized spacial score (nSPS) is 14.5. The van der Waals surface area contributed by atoms with Gasteiger partial charge in [-0.15, -0.1) is 0 Å². The highest BCUT2D eigenvalue weighted by molar-refractivity contribution is 6.16. The number of ether oxygens (including phenoxy) is 2. The first-order chi connectivity index (χ1) is 44.2. The number of hydrogen-bond donors (Lipinski definition) is 0. The number of benzene rings is 13. The minimum atomic E-state index is -0.892. The summed E-state index contributed by atoms with van der Waals surface area (Å²) in [5.41, 5.74) is 19.5. The van der Waals surface area contributed by atoms with Crippen molar-refractivity contribution in [2.24, 2.45) is 0 Å². The average Bonchev–Trinajstić information content (AvgIpc) is 1.24. The highest BCUT2D eigenvalue weighted by Gasteiger charge is 2.52. The van der Waals surface area contributed by atoms with E-state index in [1.165, 1.54) is 21.8 Å². The molecule has 6 aromatic heterocycles. The Kier molecular flexibility index (Phi) is 9.07. The topological polar surface area (TPSA) is 68.6 Å². The summed E-state index contributed by atoms with van der Waals surface area (Å²) >= 11 is 0. The van der Waals surface area contributed by atoms with Gasteiger partial charge < -0.3 is 27.6 Å². The molecule has 0 fully saturated rings. The van der Waals surface area contributed by atoms with Crippen molar-refractivity contribution in [2.75, 3.05) is 0 Å². The van der Waals surface area contributed by atoms with Crippen LogP contribution >= 0.6 is 0 Å². The van der Waals surface area contributed by atoms with Crippen LogP contribution in [0.3, 0.4) is 0 Å². The van der Waals surface area contributed by atoms with Gasteiger partial charge >= 0.3 is 0 Å². The van der Waals surface area contributed by atoms with E-state index in [4.69, 9.17) is 18.9 Å². The van der Waals surface area contributed by atoms with Crippen LogP contribution in [0.2, 0.25) is 0 Å². The fraction of sp³-hybridized carbons (Fsp3) is 0.0125. The van der Waals surface area contributed by atoms with Crippen molar-refractivity contribution in [1.29, 1.82) is 0 Å². The van der Waals surface area contributed by atoms with Crippen LogP contribution in [0.25, 0.3) is 138 Å². The number of furan rings is 1. The molecular formula is C80H46N6O3. The molecule has 0 saturated heterocycles. The molecule has 1 spiro atoms. The van der Waals surface area contributed by atoms with E-state index in [1.54, 1.807) is 0 Å². The van der Waals surface area contributed by atoms with Crippen molar-refractivity contribution in [2.45, 2.75) is 5.41 Å². The Morgan fingerprint density at radius 2 is 0.742 bits per heavy atom. The van der Waals surface area contributed by atoms with E-state index >= 15 is 0 Å². The first kappa shape index (κ1) is 47.2. The van der Waals surface area contributed by atoms with Gasteiger partial charge in [-0.05, 0) is 115 Å². The van der Waals surface area contributed by atoms with Crippen LogP contribution in [0.4, 0.5) is 0 Å². The molecule has 1 unspecified atom stereocenters. The molecule has 0 amide bonds. The molecule has 2 aliphatic heterocycles. The highest BCUT2D eigenvalue weighted by Crippen LogP contribution is 2.63. The maximum Gasteiger partial charge on any atom is 0.220 e. The summed E-state index contributed by atoms with van der Waals surface area (Å²) in [6.45, 7) is 0. The summed E-state index contributed by atoms with van der Waals surface area (Å²) < 4.78 is 33.4. The Morgan fingerprint density at radius 3 is 1.31 bits per heavy atom. The zero-order valence-corrected chi connectivity index (χ0v) is 47.5. The second-order valence-corrected chi connectivity index (χ2v) is 23.7. The minimum Gasteiger partial charge on any atom is -0.454 e. The molecule has 2 aliphatic rings. The van der Waals surface area contributed by atoms with Gasteiger partial charge in [0.15, 0.2) is 17.1 Å². The number of aromatic nitrogens is 6. The van der Waals surface area contributed by atoms with Gasteiger partial charge in [-0.3, -0.25) is 8.97 Å². The Hall–Kier alpha value is -12.1. The highest BCUT2D eigenvalue weighted by atomic mass is 16.5. The molecule has 9 nitrogen and oxygen atoms in total. The molecule has 9 heteroatoms. The predicted octanol–water partition coefficient (Wildman–Crippen LogP) is 20.2. The van der Waals surface area contributed by atoms with E-state index in [9.17, 15) is 0 Å². The van der Waals surface area contributed by atoms with E-state index < -0.39 is 5.41 Å². The molecule has 0 aliphatic carbocycles. The fourth-order valence-corrected chi connectivity index (χ4v) is 15.9. The monoisotopic (exact) mass is 1140 g/mol. The average molecular weight is 1140 g/mol. The number of rotatable bonds is 4. The first-order valence-corrected chi connectivity index (χ1v) is 30.3. The van der Waals surface area contributed by atoms with Gasteiger partial charge in [0.1, 0.15) is 22.6 Å². The predicted molar refractivity (Wildman–Crippen MR) is 358 cm³/mol. The van der Waals surface area contributed by atoms with Gasteiger partial charge in [-0.25, -0.2) is 4.98 Å². The number of para-hydroxylation sites is 11. The molecule has 0 N–H and O–H groups in total. The summed E-state index contributed by atoms with van der Waals surface area (Å²) in [5.74, 6) is 3.96. The lowest BCUT2D eigenvalue weighted by Crippen LogP contribution is -2.37. The van der Waals surface area contributed by atoms with Crippen molar-refractivity contribution in [1.82, 2.24) is 27.7 Å². The zero-order valence-electron chi connectivity index (χ0n) is 47.5. The van der Waals surface area contributed by atoms with Crippen molar-refractivity contribution >= 4 is 115 Å². The Bertz CT molecular complexity index is 6280. The molecule has 89 heavy (non-hydrogen) atoms. The Morgan fingerprint density at radius 1 is 0.303 bits per heavy atom. The molecule has 21 rings (SSSR count). The van der Waals surface area contributed by atoms with Crippen LogP contribution < -0.4 is 9.47 Å². The van der Waals surface area contributed by atoms with Gasteiger partial charge in [0, 0.05) is 76.7 Å². The third-order valence-electron chi connectivity index (χ3n) is 19.4. The smallest absolute Gasteiger partial charge is 0.220 e. The summed E-state index contributed by atoms with van der Waals surface area (Å²) in [5, 5.41) is 9.18. The Balaban J connectivity index is 0.779. The van der Waals surface area contributed by atoms with E-state index in [0.717, 1.165) is 161 Å².